The van der Waals surface area contributed by atoms with E-state index in [0.717, 1.165) is 0 Å². The molecule has 2 rings (SSSR count). The van der Waals surface area contributed by atoms with E-state index in [1.54, 1.807) is 30.3 Å². The third-order valence-corrected chi connectivity index (χ3v) is 2.96. The van der Waals surface area contributed by atoms with Crippen LogP contribution in [0.1, 0.15) is 17.2 Å². The van der Waals surface area contributed by atoms with Gasteiger partial charge in [-0.25, -0.2) is 0 Å². The van der Waals surface area contributed by atoms with Gasteiger partial charge in [0.25, 0.3) is 0 Å². The van der Waals surface area contributed by atoms with Crippen LogP contribution in [-0.4, -0.2) is 6.36 Å². The molecule has 2 nitrogen and oxygen atoms in total. The van der Waals surface area contributed by atoms with Crippen molar-refractivity contribution >= 4 is 11.6 Å². The highest BCUT2D eigenvalue weighted by Gasteiger charge is 2.32. The van der Waals surface area contributed by atoms with Gasteiger partial charge in [-0.1, -0.05) is 41.9 Å². The first-order valence-electron chi connectivity index (χ1n) is 5.72. The quantitative estimate of drug-likeness (QED) is 0.918. The van der Waals surface area contributed by atoms with Crippen LogP contribution in [0.3, 0.4) is 0 Å². The van der Waals surface area contributed by atoms with Gasteiger partial charge in [-0.3, -0.25) is 0 Å². The Morgan fingerprint density at radius 3 is 2.20 bits per heavy atom. The fourth-order valence-electron chi connectivity index (χ4n) is 1.80. The molecule has 0 saturated heterocycles. The SMILES string of the molecule is NC(c1ccc(Cl)cc1)c1ccccc1OC(F)(F)F. The summed E-state index contributed by atoms with van der Waals surface area (Å²) in [7, 11) is 0. The van der Waals surface area contributed by atoms with Gasteiger partial charge in [0.1, 0.15) is 5.75 Å². The van der Waals surface area contributed by atoms with E-state index < -0.39 is 12.4 Å². The van der Waals surface area contributed by atoms with Crippen molar-refractivity contribution in [2.75, 3.05) is 0 Å². The topological polar surface area (TPSA) is 35.2 Å². The summed E-state index contributed by atoms with van der Waals surface area (Å²) in [5.41, 5.74) is 6.90. The van der Waals surface area contributed by atoms with E-state index in [2.05, 4.69) is 4.74 Å². The maximum absolute atomic E-state index is 12.4. The zero-order valence-electron chi connectivity index (χ0n) is 10.2. The summed E-state index contributed by atoms with van der Waals surface area (Å²) >= 11 is 5.77. The van der Waals surface area contributed by atoms with Crippen molar-refractivity contribution in [2.24, 2.45) is 5.73 Å². The van der Waals surface area contributed by atoms with Crippen molar-refractivity contribution in [1.82, 2.24) is 0 Å². The number of halogens is 4. The number of hydrogen-bond donors (Lipinski definition) is 1. The van der Waals surface area contributed by atoms with Crippen molar-refractivity contribution in [3.05, 3.63) is 64.7 Å². The summed E-state index contributed by atoms with van der Waals surface area (Å²) in [5, 5.41) is 0.528. The molecule has 106 valence electrons. The van der Waals surface area contributed by atoms with Crippen molar-refractivity contribution in [2.45, 2.75) is 12.4 Å². The second-order valence-electron chi connectivity index (χ2n) is 4.11. The maximum Gasteiger partial charge on any atom is 0.573 e. The Labute approximate surface area is 118 Å². The van der Waals surface area contributed by atoms with Crippen LogP contribution in [0, 0.1) is 0 Å². The number of rotatable bonds is 3. The number of para-hydroxylation sites is 1. The predicted octanol–water partition coefficient (Wildman–Crippen LogP) is 4.29. The van der Waals surface area contributed by atoms with Crippen LogP contribution in [0.15, 0.2) is 48.5 Å². The smallest absolute Gasteiger partial charge is 0.405 e. The minimum atomic E-state index is -4.75. The molecule has 0 amide bonds. The van der Waals surface area contributed by atoms with E-state index in [0.29, 0.717) is 10.6 Å². The van der Waals surface area contributed by atoms with E-state index in [1.807, 2.05) is 0 Å². The molecule has 1 atom stereocenters. The van der Waals surface area contributed by atoms with Crippen LogP contribution in [0.25, 0.3) is 0 Å². The molecule has 0 radical (unpaired) electrons. The molecule has 0 saturated carbocycles. The monoisotopic (exact) mass is 301 g/mol. The summed E-state index contributed by atoms with van der Waals surface area (Å²) < 4.78 is 41.1. The van der Waals surface area contributed by atoms with Gasteiger partial charge >= 0.3 is 6.36 Å². The summed E-state index contributed by atoms with van der Waals surface area (Å²) in [6.07, 6.45) is -4.75. The van der Waals surface area contributed by atoms with Gasteiger partial charge in [-0.15, -0.1) is 13.2 Å². The highest BCUT2D eigenvalue weighted by Crippen LogP contribution is 2.32. The van der Waals surface area contributed by atoms with E-state index in [1.165, 1.54) is 18.2 Å². The summed E-state index contributed by atoms with van der Waals surface area (Å²) in [6.45, 7) is 0. The van der Waals surface area contributed by atoms with Crippen LogP contribution < -0.4 is 10.5 Å². The van der Waals surface area contributed by atoms with Crippen molar-refractivity contribution in [3.8, 4) is 5.75 Å². The van der Waals surface area contributed by atoms with Gasteiger partial charge in [-0.05, 0) is 23.8 Å². The fourth-order valence-corrected chi connectivity index (χ4v) is 1.93. The molecule has 2 N–H and O–H groups in total. The minimum absolute atomic E-state index is 0.257. The number of nitrogens with two attached hydrogens (primary N) is 1. The molecule has 20 heavy (non-hydrogen) atoms. The zero-order valence-corrected chi connectivity index (χ0v) is 10.9. The Hall–Kier alpha value is -1.72. The molecule has 0 aliphatic heterocycles. The van der Waals surface area contributed by atoms with Gasteiger partial charge in [-0.2, -0.15) is 0 Å². The van der Waals surface area contributed by atoms with Crippen molar-refractivity contribution < 1.29 is 17.9 Å². The van der Waals surface area contributed by atoms with Gasteiger partial charge in [0.15, 0.2) is 0 Å². The molecule has 0 fully saturated rings. The molecule has 0 heterocycles. The predicted molar refractivity (Wildman–Crippen MR) is 70.6 cm³/mol. The second kappa shape index (κ2) is 5.73. The minimum Gasteiger partial charge on any atom is -0.405 e. The van der Waals surface area contributed by atoms with Crippen molar-refractivity contribution in [3.63, 3.8) is 0 Å². The molecular weight excluding hydrogens is 291 g/mol. The molecular formula is C14H11ClF3NO. The average molecular weight is 302 g/mol. The lowest BCUT2D eigenvalue weighted by Gasteiger charge is -2.18. The highest BCUT2D eigenvalue weighted by atomic mass is 35.5. The number of hydrogen-bond acceptors (Lipinski definition) is 2. The van der Waals surface area contributed by atoms with Crippen molar-refractivity contribution in [1.29, 1.82) is 0 Å². The Kier molecular flexibility index (Phi) is 4.20. The maximum atomic E-state index is 12.4. The van der Waals surface area contributed by atoms with E-state index in [4.69, 9.17) is 17.3 Å². The third kappa shape index (κ3) is 3.65. The molecule has 1 unspecified atom stereocenters. The Balaban J connectivity index is 2.34. The number of alkyl halides is 3. The third-order valence-electron chi connectivity index (χ3n) is 2.71. The van der Waals surface area contributed by atoms with Gasteiger partial charge in [0.05, 0.1) is 6.04 Å². The molecule has 0 spiro atoms. The lowest BCUT2D eigenvalue weighted by molar-refractivity contribution is -0.274. The van der Waals surface area contributed by atoms with Gasteiger partial charge in [0.2, 0.25) is 0 Å². The Morgan fingerprint density at radius 2 is 1.60 bits per heavy atom. The molecule has 6 heteroatoms. The number of benzene rings is 2. The van der Waals surface area contributed by atoms with Crippen LogP contribution in [-0.2, 0) is 0 Å². The summed E-state index contributed by atoms with van der Waals surface area (Å²) in [6, 6.07) is 11.7. The van der Waals surface area contributed by atoms with Crippen LogP contribution in [0.2, 0.25) is 5.02 Å². The second-order valence-corrected chi connectivity index (χ2v) is 4.55. The fraction of sp³-hybridized carbons (Fsp3) is 0.143. The summed E-state index contributed by atoms with van der Waals surface area (Å²) in [4.78, 5) is 0. The first-order valence-corrected chi connectivity index (χ1v) is 6.10. The van der Waals surface area contributed by atoms with Crippen LogP contribution in [0.4, 0.5) is 13.2 Å². The molecule has 2 aromatic carbocycles. The molecule has 0 aromatic heterocycles. The highest BCUT2D eigenvalue weighted by molar-refractivity contribution is 6.30. The normalized spacial score (nSPS) is 13.1. The van der Waals surface area contributed by atoms with E-state index in [-0.39, 0.29) is 11.3 Å². The van der Waals surface area contributed by atoms with Crippen LogP contribution >= 0.6 is 11.6 Å². The van der Waals surface area contributed by atoms with Gasteiger partial charge < -0.3 is 10.5 Å². The van der Waals surface area contributed by atoms with Crippen LogP contribution in [0.5, 0.6) is 5.75 Å². The number of ether oxygens (including phenoxy) is 1. The van der Waals surface area contributed by atoms with Gasteiger partial charge in [0, 0.05) is 10.6 Å². The molecule has 0 aliphatic carbocycles. The largest absolute Gasteiger partial charge is 0.573 e. The first-order chi connectivity index (χ1) is 9.37. The lowest BCUT2D eigenvalue weighted by atomic mass is 9.99. The molecule has 2 aromatic rings. The van der Waals surface area contributed by atoms with E-state index in [9.17, 15) is 13.2 Å². The zero-order chi connectivity index (χ0) is 14.8. The standard InChI is InChI=1S/C14H11ClF3NO/c15-10-7-5-9(6-8-10)13(19)11-3-1-2-4-12(11)20-14(16,17)18/h1-8,13H,19H2. The lowest BCUT2D eigenvalue weighted by Crippen LogP contribution is -2.20. The van der Waals surface area contributed by atoms with E-state index >= 15 is 0 Å². The molecule has 0 aliphatic rings. The average Bonchev–Trinajstić information content (AvgIpc) is 2.37. The Bertz CT molecular complexity index is 584. The summed E-state index contributed by atoms with van der Waals surface area (Å²) in [5.74, 6) is -0.303. The first kappa shape index (κ1) is 14.7. The Morgan fingerprint density at radius 1 is 1.00 bits per heavy atom. The molecule has 0 bridgehead atoms.